The molecule has 0 aliphatic heterocycles. The quantitative estimate of drug-likeness (QED) is 0.519. The van der Waals surface area contributed by atoms with Gasteiger partial charge >= 0.3 is 5.97 Å². The Labute approximate surface area is 183 Å². The number of carbonyl (C=O) groups is 2. The number of carboxylic acid groups (broad SMARTS) is 2. The minimum Gasteiger partial charge on any atom is -0.481 e. The van der Waals surface area contributed by atoms with E-state index in [2.05, 4.69) is 6.92 Å². The maximum atomic E-state index is 10.9. The predicted molar refractivity (Wildman–Crippen MR) is 119 cm³/mol. The topological polar surface area (TPSA) is 74.6 Å². The van der Waals surface area contributed by atoms with Gasteiger partial charge in [0.15, 0.2) is 0 Å². The second-order valence-corrected chi connectivity index (χ2v) is 10.9. The van der Waals surface area contributed by atoms with Crippen molar-refractivity contribution in [1.82, 2.24) is 0 Å². The summed E-state index contributed by atoms with van der Waals surface area (Å²) in [5, 5.41) is 16.4. The van der Waals surface area contributed by atoms with E-state index in [1.54, 1.807) is 32.1 Å². The van der Waals surface area contributed by atoms with Gasteiger partial charge in [0.1, 0.15) is 0 Å². The van der Waals surface area contributed by atoms with Gasteiger partial charge in [-0.3, -0.25) is 9.59 Å². The second kappa shape index (κ2) is 10.0. The number of carboxylic acids is 2. The van der Waals surface area contributed by atoms with Crippen LogP contribution in [0.25, 0.3) is 0 Å². The number of fused-ring (bicyclic) bond motifs is 10. The molecule has 4 heteroatoms. The Morgan fingerprint density at radius 1 is 0.633 bits per heavy atom. The normalized spacial score (nSPS) is 45.9. The summed E-state index contributed by atoms with van der Waals surface area (Å²) in [6.45, 7) is 7.54. The Kier molecular flexibility index (Phi) is 7.90. The molecular weight excluding hydrogens is 376 g/mol. The molecule has 30 heavy (non-hydrogen) atoms. The van der Waals surface area contributed by atoms with E-state index in [-0.39, 0.29) is 5.92 Å². The third-order valence-corrected chi connectivity index (χ3v) is 9.36. The number of hydrogen-bond donors (Lipinski definition) is 2. The number of aliphatic carboxylic acids is 2. The lowest BCUT2D eigenvalue weighted by molar-refractivity contribution is -0.141. The molecule has 8 unspecified atom stereocenters. The highest BCUT2D eigenvalue weighted by Gasteiger charge is 2.53. The van der Waals surface area contributed by atoms with Gasteiger partial charge in [0.2, 0.25) is 0 Å². The molecule has 4 bridgehead atoms. The van der Waals surface area contributed by atoms with Crippen molar-refractivity contribution in [3.05, 3.63) is 0 Å². The molecule has 6 saturated carbocycles. The summed E-state index contributed by atoms with van der Waals surface area (Å²) in [5.74, 6) is 7.79. The summed E-state index contributed by atoms with van der Waals surface area (Å²) < 4.78 is 0. The molecule has 6 rings (SSSR count). The Morgan fingerprint density at radius 3 is 1.23 bits per heavy atom. The summed E-state index contributed by atoms with van der Waals surface area (Å²) in [7, 11) is 0. The lowest BCUT2D eigenvalue weighted by atomic mass is 9.82. The van der Waals surface area contributed by atoms with E-state index in [1.807, 2.05) is 13.8 Å². The lowest BCUT2D eigenvalue weighted by Crippen LogP contribution is -2.15. The standard InChI is InChI=1S/C11H16O2.C11H18.C2H4O2.C2H6/c12-11(13)8-4-9-6-1-2-7(3-6)10(9)5-8;1-7-4-10-8-2-3-9(6-8)11(10)5-7;1-2(3)4;1-2/h6-10H,1-5H2,(H,12,13);7-11H,2-6H2,1H3;1H3,(H,3,4);1-2H3. The zero-order valence-corrected chi connectivity index (χ0v) is 19.6. The van der Waals surface area contributed by atoms with Gasteiger partial charge in [-0.25, -0.2) is 0 Å². The predicted octanol–water partition coefficient (Wildman–Crippen LogP) is 6.34. The Hall–Kier alpha value is -1.06. The average molecular weight is 421 g/mol. The van der Waals surface area contributed by atoms with Crippen molar-refractivity contribution < 1.29 is 19.8 Å². The van der Waals surface area contributed by atoms with Gasteiger partial charge in [0.05, 0.1) is 5.92 Å². The molecule has 8 atom stereocenters. The van der Waals surface area contributed by atoms with E-state index in [0.717, 1.165) is 49.4 Å². The van der Waals surface area contributed by atoms with Crippen LogP contribution in [0.15, 0.2) is 0 Å². The highest BCUT2D eigenvalue weighted by molar-refractivity contribution is 5.70. The van der Waals surface area contributed by atoms with Gasteiger partial charge in [-0.2, -0.15) is 0 Å². The van der Waals surface area contributed by atoms with Crippen molar-refractivity contribution in [1.29, 1.82) is 0 Å². The van der Waals surface area contributed by atoms with Gasteiger partial charge in [-0.1, -0.05) is 20.8 Å². The van der Waals surface area contributed by atoms with Crippen LogP contribution in [0.3, 0.4) is 0 Å². The smallest absolute Gasteiger partial charge is 0.306 e. The minimum absolute atomic E-state index is 0.00148. The van der Waals surface area contributed by atoms with Crippen LogP contribution in [0, 0.1) is 59.2 Å². The molecule has 0 aromatic carbocycles. The fourth-order valence-corrected chi connectivity index (χ4v) is 8.51. The number of rotatable bonds is 1. The zero-order valence-electron chi connectivity index (χ0n) is 19.6. The van der Waals surface area contributed by atoms with E-state index in [1.165, 1.54) is 42.9 Å². The molecule has 0 radical (unpaired) electrons. The molecule has 172 valence electrons. The van der Waals surface area contributed by atoms with Crippen LogP contribution < -0.4 is 0 Å². The van der Waals surface area contributed by atoms with Crippen LogP contribution in [0.5, 0.6) is 0 Å². The fraction of sp³-hybridized carbons (Fsp3) is 0.923. The molecule has 4 nitrogen and oxygen atoms in total. The van der Waals surface area contributed by atoms with Crippen molar-refractivity contribution in [2.75, 3.05) is 0 Å². The molecule has 6 aliphatic carbocycles. The summed E-state index contributed by atoms with van der Waals surface area (Å²) >= 11 is 0. The Morgan fingerprint density at radius 2 is 0.933 bits per heavy atom. The van der Waals surface area contributed by atoms with E-state index >= 15 is 0 Å². The third kappa shape index (κ3) is 4.88. The highest BCUT2D eigenvalue weighted by atomic mass is 16.4. The van der Waals surface area contributed by atoms with Gasteiger partial charge in [-0.05, 0) is 117 Å². The first kappa shape index (κ1) is 23.6. The van der Waals surface area contributed by atoms with Crippen LogP contribution in [-0.4, -0.2) is 22.2 Å². The number of hydrogen-bond acceptors (Lipinski definition) is 2. The molecule has 6 fully saturated rings. The summed E-state index contributed by atoms with van der Waals surface area (Å²) in [5.41, 5.74) is 0. The van der Waals surface area contributed by atoms with Crippen LogP contribution in [-0.2, 0) is 9.59 Å². The molecule has 0 saturated heterocycles. The lowest BCUT2D eigenvalue weighted by Gasteiger charge is -2.23. The molecular formula is C26H44O4. The monoisotopic (exact) mass is 420 g/mol. The maximum absolute atomic E-state index is 10.9. The van der Waals surface area contributed by atoms with Gasteiger partial charge in [0, 0.05) is 6.92 Å². The highest BCUT2D eigenvalue weighted by Crippen LogP contribution is 2.60. The third-order valence-electron chi connectivity index (χ3n) is 9.36. The average Bonchev–Trinajstić information content (AvgIpc) is 3.49. The van der Waals surface area contributed by atoms with E-state index in [0.29, 0.717) is 0 Å². The van der Waals surface area contributed by atoms with Gasteiger partial charge < -0.3 is 10.2 Å². The molecule has 0 amide bonds. The minimum atomic E-state index is -0.833. The van der Waals surface area contributed by atoms with Crippen molar-refractivity contribution in [2.24, 2.45) is 59.2 Å². The Bertz CT molecular complexity index is 562. The molecule has 0 spiro atoms. The molecule has 2 N–H and O–H groups in total. The molecule has 0 aromatic heterocycles. The summed E-state index contributed by atoms with van der Waals surface area (Å²) in [6.07, 6.45) is 14.1. The van der Waals surface area contributed by atoms with Crippen molar-refractivity contribution in [3.63, 3.8) is 0 Å². The summed E-state index contributed by atoms with van der Waals surface area (Å²) in [6, 6.07) is 0. The molecule has 0 aromatic rings. The SMILES string of the molecule is CC.CC(=O)O.CC1CC2C3CCC(C3)C2C1.O=C(O)C1CC2C3CCC(C3)C2C1. The first-order valence-electron chi connectivity index (χ1n) is 12.8. The van der Waals surface area contributed by atoms with E-state index in [9.17, 15) is 4.79 Å². The summed E-state index contributed by atoms with van der Waals surface area (Å²) in [4.78, 5) is 19.9. The Balaban J connectivity index is 0.000000137. The fourth-order valence-electron chi connectivity index (χ4n) is 8.51. The first-order valence-corrected chi connectivity index (χ1v) is 12.8. The first-order chi connectivity index (χ1) is 14.3. The van der Waals surface area contributed by atoms with Crippen LogP contribution in [0.2, 0.25) is 0 Å². The second-order valence-electron chi connectivity index (χ2n) is 10.9. The van der Waals surface area contributed by atoms with Crippen LogP contribution in [0.1, 0.15) is 91.9 Å². The van der Waals surface area contributed by atoms with Crippen molar-refractivity contribution in [2.45, 2.75) is 91.9 Å². The van der Waals surface area contributed by atoms with Crippen LogP contribution in [0.4, 0.5) is 0 Å². The largest absolute Gasteiger partial charge is 0.481 e. The zero-order chi connectivity index (χ0) is 22.0. The maximum Gasteiger partial charge on any atom is 0.306 e. The van der Waals surface area contributed by atoms with Gasteiger partial charge in [-0.15, -0.1) is 0 Å². The molecule has 6 aliphatic rings. The van der Waals surface area contributed by atoms with Crippen molar-refractivity contribution >= 4 is 11.9 Å². The van der Waals surface area contributed by atoms with E-state index in [4.69, 9.17) is 15.0 Å². The van der Waals surface area contributed by atoms with Crippen molar-refractivity contribution in [3.8, 4) is 0 Å². The van der Waals surface area contributed by atoms with E-state index < -0.39 is 11.9 Å². The molecule has 0 heterocycles. The van der Waals surface area contributed by atoms with Crippen LogP contribution >= 0.6 is 0 Å². The van der Waals surface area contributed by atoms with Gasteiger partial charge in [0.25, 0.3) is 5.97 Å².